The van der Waals surface area contributed by atoms with Crippen LogP contribution in [0, 0.1) is 0 Å². The SMILES string of the molecule is CC(C)(C)OC(=O)N1CCC(n2cnc3ccc(B4OC(C)(C)C(C)(C)O4)cc32)CC1. The summed E-state index contributed by atoms with van der Waals surface area (Å²) in [5, 5.41) is 0. The van der Waals surface area contributed by atoms with Gasteiger partial charge in [0.2, 0.25) is 0 Å². The number of carbonyl (C=O) groups is 1. The van der Waals surface area contributed by atoms with Gasteiger partial charge in [-0.2, -0.15) is 0 Å². The summed E-state index contributed by atoms with van der Waals surface area (Å²) in [6.07, 6.45) is 3.41. The normalized spacial score (nSPS) is 21.6. The highest BCUT2D eigenvalue weighted by molar-refractivity contribution is 6.62. The molecule has 2 saturated heterocycles. The average molecular weight is 427 g/mol. The largest absolute Gasteiger partial charge is 0.494 e. The van der Waals surface area contributed by atoms with Crippen LogP contribution in [0.5, 0.6) is 0 Å². The average Bonchev–Trinajstić information content (AvgIpc) is 3.17. The Morgan fingerprint density at radius 2 is 1.74 bits per heavy atom. The number of fused-ring (bicyclic) bond motifs is 1. The van der Waals surface area contributed by atoms with Crippen LogP contribution in [0.3, 0.4) is 0 Å². The summed E-state index contributed by atoms with van der Waals surface area (Å²) >= 11 is 0. The molecule has 1 amide bonds. The number of amides is 1. The summed E-state index contributed by atoms with van der Waals surface area (Å²) in [6.45, 7) is 15.3. The number of hydrogen-bond donors (Lipinski definition) is 0. The van der Waals surface area contributed by atoms with E-state index in [2.05, 4.69) is 43.3 Å². The molecular weight excluding hydrogens is 393 g/mol. The summed E-state index contributed by atoms with van der Waals surface area (Å²) < 4.78 is 20.2. The van der Waals surface area contributed by atoms with E-state index in [1.165, 1.54) is 0 Å². The molecule has 2 fully saturated rings. The van der Waals surface area contributed by atoms with Gasteiger partial charge in [-0.05, 0) is 78.9 Å². The Bertz CT molecular complexity index is 955. The third-order valence-electron chi connectivity index (χ3n) is 6.63. The Morgan fingerprint density at radius 3 is 2.32 bits per heavy atom. The monoisotopic (exact) mass is 427 g/mol. The molecule has 0 radical (unpaired) electrons. The number of piperidine rings is 1. The number of likely N-dealkylation sites (tertiary alicyclic amines) is 1. The fraction of sp³-hybridized carbons (Fsp3) is 0.652. The van der Waals surface area contributed by atoms with Crippen molar-refractivity contribution in [3.05, 3.63) is 24.5 Å². The fourth-order valence-electron chi connectivity index (χ4n) is 4.11. The van der Waals surface area contributed by atoms with E-state index in [-0.39, 0.29) is 23.3 Å². The molecule has 7 nitrogen and oxygen atoms in total. The van der Waals surface area contributed by atoms with E-state index < -0.39 is 12.7 Å². The molecule has 0 N–H and O–H groups in total. The smallest absolute Gasteiger partial charge is 0.444 e. The van der Waals surface area contributed by atoms with E-state index >= 15 is 0 Å². The molecule has 168 valence electrons. The van der Waals surface area contributed by atoms with Crippen LogP contribution in [0.2, 0.25) is 0 Å². The highest BCUT2D eigenvalue weighted by Crippen LogP contribution is 2.36. The fourth-order valence-corrected chi connectivity index (χ4v) is 4.11. The standard InChI is InChI=1S/C23H34BN3O4/c1-21(2,3)29-20(28)26-12-10-17(11-13-26)27-15-25-18-9-8-16(14-19(18)27)24-30-22(4,5)23(6,7)31-24/h8-9,14-15,17H,10-13H2,1-7H3. The van der Waals surface area contributed by atoms with Crippen molar-refractivity contribution in [3.8, 4) is 0 Å². The van der Waals surface area contributed by atoms with Crippen LogP contribution in [0.15, 0.2) is 24.5 Å². The molecular formula is C23H34BN3O4. The summed E-state index contributed by atoms with van der Waals surface area (Å²) in [5.74, 6) is 0. The Morgan fingerprint density at radius 1 is 1.13 bits per heavy atom. The van der Waals surface area contributed by atoms with Crippen molar-refractivity contribution in [1.82, 2.24) is 14.5 Å². The molecule has 8 heteroatoms. The lowest BCUT2D eigenvalue weighted by Gasteiger charge is -2.34. The van der Waals surface area contributed by atoms with Crippen molar-refractivity contribution in [2.45, 2.75) is 84.2 Å². The minimum Gasteiger partial charge on any atom is -0.444 e. The van der Waals surface area contributed by atoms with Crippen LogP contribution < -0.4 is 5.46 Å². The van der Waals surface area contributed by atoms with Gasteiger partial charge >= 0.3 is 13.2 Å². The molecule has 0 aliphatic carbocycles. The van der Waals surface area contributed by atoms with Crippen molar-refractivity contribution in [2.24, 2.45) is 0 Å². The van der Waals surface area contributed by atoms with Crippen LogP contribution in [0.1, 0.15) is 67.3 Å². The van der Waals surface area contributed by atoms with E-state index in [0.29, 0.717) is 13.1 Å². The van der Waals surface area contributed by atoms with E-state index in [1.54, 1.807) is 4.90 Å². The first kappa shape index (κ1) is 22.2. The third kappa shape index (κ3) is 4.33. The zero-order valence-electron chi connectivity index (χ0n) is 19.8. The van der Waals surface area contributed by atoms with Crippen molar-refractivity contribution in [1.29, 1.82) is 0 Å². The number of imidazole rings is 1. The molecule has 2 aliphatic heterocycles. The van der Waals surface area contributed by atoms with Gasteiger partial charge in [-0.15, -0.1) is 0 Å². The molecule has 0 spiro atoms. The van der Waals surface area contributed by atoms with Gasteiger partial charge in [0.15, 0.2) is 0 Å². The van der Waals surface area contributed by atoms with Crippen LogP contribution in [0.4, 0.5) is 4.79 Å². The van der Waals surface area contributed by atoms with Gasteiger partial charge in [0.05, 0.1) is 28.6 Å². The Kier molecular flexibility index (Phi) is 5.37. The van der Waals surface area contributed by atoms with Crippen LogP contribution in [-0.2, 0) is 14.0 Å². The molecule has 2 aliphatic rings. The molecule has 1 aromatic heterocycles. The number of rotatable bonds is 2. The van der Waals surface area contributed by atoms with Crippen LogP contribution in [0.25, 0.3) is 11.0 Å². The Balaban J connectivity index is 1.50. The van der Waals surface area contributed by atoms with Gasteiger partial charge < -0.3 is 23.5 Å². The molecule has 31 heavy (non-hydrogen) atoms. The number of nitrogens with zero attached hydrogens (tertiary/aromatic N) is 3. The van der Waals surface area contributed by atoms with Crippen molar-refractivity contribution in [2.75, 3.05) is 13.1 Å². The van der Waals surface area contributed by atoms with Gasteiger partial charge in [0, 0.05) is 19.1 Å². The molecule has 0 unspecified atom stereocenters. The van der Waals surface area contributed by atoms with Gasteiger partial charge in [0.1, 0.15) is 5.60 Å². The quantitative estimate of drug-likeness (QED) is 0.680. The first-order valence-corrected chi connectivity index (χ1v) is 11.2. The minimum absolute atomic E-state index is 0.232. The highest BCUT2D eigenvalue weighted by atomic mass is 16.7. The van der Waals surface area contributed by atoms with Gasteiger partial charge in [-0.1, -0.05) is 6.07 Å². The predicted molar refractivity (Wildman–Crippen MR) is 122 cm³/mol. The maximum absolute atomic E-state index is 12.4. The summed E-state index contributed by atoms with van der Waals surface area (Å²) in [5.41, 5.74) is 1.80. The number of carbonyl (C=O) groups excluding carboxylic acids is 1. The third-order valence-corrected chi connectivity index (χ3v) is 6.63. The lowest BCUT2D eigenvalue weighted by molar-refractivity contribution is 0.00578. The summed E-state index contributed by atoms with van der Waals surface area (Å²) in [6, 6.07) is 6.48. The van der Waals surface area contributed by atoms with E-state index in [9.17, 15) is 4.79 Å². The second-order valence-electron chi connectivity index (χ2n) is 10.7. The van der Waals surface area contributed by atoms with Crippen LogP contribution >= 0.6 is 0 Å². The first-order valence-electron chi connectivity index (χ1n) is 11.2. The second kappa shape index (κ2) is 7.52. The highest BCUT2D eigenvalue weighted by Gasteiger charge is 2.51. The maximum Gasteiger partial charge on any atom is 0.494 e. The molecule has 3 heterocycles. The van der Waals surface area contributed by atoms with Crippen molar-refractivity contribution in [3.63, 3.8) is 0 Å². The molecule has 0 saturated carbocycles. The van der Waals surface area contributed by atoms with Crippen LogP contribution in [-0.4, -0.2) is 57.6 Å². The zero-order chi connectivity index (χ0) is 22.6. The van der Waals surface area contributed by atoms with E-state index in [4.69, 9.17) is 14.0 Å². The van der Waals surface area contributed by atoms with Gasteiger partial charge in [-0.3, -0.25) is 0 Å². The number of aromatic nitrogens is 2. The van der Waals surface area contributed by atoms with Crippen molar-refractivity contribution >= 4 is 29.7 Å². The predicted octanol–water partition coefficient (Wildman–Crippen LogP) is 3.91. The summed E-state index contributed by atoms with van der Waals surface area (Å²) in [4.78, 5) is 18.8. The Labute approximate surface area is 185 Å². The molecule has 1 aromatic carbocycles. The summed E-state index contributed by atoms with van der Waals surface area (Å²) in [7, 11) is -0.397. The lowest BCUT2D eigenvalue weighted by Crippen LogP contribution is -2.42. The number of hydrogen-bond acceptors (Lipinski definition) is 5. The Hall–Kier alpha value is -2.06. The van der Waals surface area contributed by atoms with Crippen molar-refractivity contribution < 1.29 is 18.8 Å². The maximum atomic E-state index is 12.4. The minimum atomic E-state index is -0.474. The lowest BCUT2D eigenvalue weighted by atomic mass is 9.79. The molecule has 0 atom stereocenters. The topological polar surface area (TPSA) is 65.8 Å². The molecule has 0 bridgehead atoms. The van der Waals surface area contributed by atoms with Gasteiger partial charge in [-0.25, -0.2) is 9.78 Å². The molecule has 2 aromatic rings. The zero-order valence-corrected chi connectivity index (χ0v) is 19.8. The number of benzene rings is 1. The molecule has 4 rings (SSSR count). The van der Waals surface area contributed by atoms with E-state index in [0.717, 1.165) is 29.3 Å². The van der Waals surface area contributed by atoms with E-state index in [1.807, 2.05) is 39.2 Å². The second-order valence-corrected chi connectivity index (χ2v) is 10.7. The number of ether oxygens (including phenoxy) is 1. The first-order chi connectivity index (χ1) is 14.4. The van der Waals surface area contributed by atoms with Gasteiger partial charge in [0.25, 0.3) is 0 Å².